The number of phenols is 1. The van der Waals surface area contributed by atoms with Crippen LogP contribution in [0.4, 0.5) is 0 Å². The van der Waals surface area contributed by atoms with Crippen LogP contribution < -0.4 is 15.9 Å². The summed E-state index contributed by atoms with van der Waals surface area (Å²) in [7, 11) is -0.936. The second-order valence-corrected chi connectivity index (χ2v) is 13.7. The third-order valence-electron chi connectivity index (χ3n) is 8.73. The van der Waals surface area contributed by atoms with E-state index in [2.05, 4.69) is 164 Å². The summed E-state index contributed by atoms with van der Waals surface area (Å²) < 4.78 is 0. The molecule has 8 aromatic carbocycles. The van der Waals surface area contributed by atoms with Crippen LogP contribution in [0.5, 0.6) is 5.75 Å². The van der Waals surface area contributed by atoms with E-state index in [-0.39, 0.29) is 5.75 Å². The van der Waals surface area contributed by atoms with Gasteiger partial charge in [0, 0.05) is 11.1 Å². The van der Waals surface area contributed by atoms with E-state index in [1.807, 2.05) is 18.2 Å². The van der Waals surface area contributed by atoms with Gasteiger partial charge in [0.15, 0.2) is 0 Å². The molecule has 0 amide bonds. The molecule has 0 radical (unpaired) electrons. The number of hydrogen-bond donors (Lipinski definition) is 1. The number of fused-ring (bicyclic) bond motifs is 2. The highest BCUT2D eigenvalue weighted by Gasteiger charge is 2.25. The van der Waals surface area contributed by atoms with Crippen molar-refractivity contribution in [1.82, 2.24) is 0 Å². The van der Waals surface area contributed by atoms with Crippen LogP contribution in [0.1, 0.15) is 0 Å². The molecular weight excluding hydrogens is 575 g/mol. The molecule has 0 spiro atoms. The maximum Gasteiger partial charge on any atom is 0.124 e. The Kier molecular flexibility index (Phi) is 7.39. The van der Waals surface area contributed by atoms with Gasteiger partial charge in [-0.25, -0.2) is 0 Å². The van der Waals surface area contributed by atoms with Gasteiger partial charge < -0.3 is 5.11 Å². The Hall–Kier alpha value is -5.49. The van der Waals surface area contributed by atoms with E-state index in [0.717, 1.165) is 38.2 Å². The number of aromatic hydroxyl groups is 1. The highest BCUT2D eigenvalue weighted by molar-refractivity contribution is 7.80. The van der Waals surface area contributed by atoms with Crippen molar-refractivity contribution in [2.75, 3.05) is 0 Å². The van der Waals surface area contributed by atoms with Crippen LogP contribution in [0.2, 0.25) is 0 Å². The zero-order valence-electron chi connectivity index (χ0n) is 25.2. The van der Waals surface area contributed by atoms with Crippen LogP contribution in [-0.4, -0.2) is 5.11 Å². The average molecular weight is 607 g/mol. The fourth-order valence-corrected chi connectivity index (χ4v) is 9.02. The second-order valence-electron chi connectivity index (χ2n) is 11.5. The molecule has 0 unspecified atom stereocenters. The molecule has 8 rings (SSSR count). The Bertz CT molecular complexity index is 2260. The summed E-state index contributed by atoms with van der Waals surface area (Å²) in [6.45, 7) is 0. The van der Waals surface area contributed by atoms with Crippen molar-refractivity contribution in [3.63, 3.8) is 0 Å². The van der Waals surface area contributed by atoms with E-state index in [1.54, 1.807) is 0 Å². The number of hydrogen-bond acceptors (Lipinski definition) is 1. The topological polar surface area (TPSA) is 20.2 Å². The highest BCUT2D eigenvalue weighted by atomic mass is 31.1. The van der Waals surface area contributed by atoms with Crippen LogP contribution in [0.3, 0.4) is 0 Å². The summed E-state index contributed by atoms with van der Waals surface area (Å²) in [6, 6.07) is 64.4. The van der Waals surface area contributed by atoms with Crippen molar-refractivity contribution in [2.45, 2.75) is 0 Å². The van der Waals surface area contributed by atoms with Crippen LogP contribution in [0.15, 0.2) is 182 Å². The molecule has 1 nitrogen and oxygen atoms in total. The standard InChI is InChI=1S/C44H31OP/c45-41-27-23-35-29-33(31-13-5-1-6-14-31)21-25-39(35)43(41)44-40-26-22-34(32-15-7-2-8-16-32)30-36(40)24-28-42(44)46(37-17-9-3-10-18-37)38-19-11-4-12-20-38/h1-30,45H. The molecule has 0 aliphatic rings. The van der Waals surface area contributed by atoms with Crippen molar-refractivity contribution >= 4 is 45.4 Å². The van der Waals surface area contributed by atoms with Gasteiger partial charge in [-0.15, -0.1) is 0 Å². The fourth-order valence-electron chi connectivity index (χ4n) is 6.55. The van der Waals surface area contributed by atoms with E-state index < -0.39 is 7.92 Å². The zero-order chi connectivity index (χ0) is 30.9. The maximum atomic E-state index is 11.8. The van der Waals surface area contributed by atoms with Gasteiger partial charge in [0.05, 0.1) is 0 Å². The molecule has 0 saturated heterocycles. The van der Waals surface area contributed by atoms with Crippen molar-refractivity contribution in [1.29, 1.82) is 0 Å². The first-order valence-electron chi connectivity index (χ1n) is 15.6. The zero-order valence-corrected chi connectivity index (χ0v) is 26.1. The number of rotatable bonds is 6. The molecular formula is C44H31OP. The van der Waals surface area contributed by atoms with Crippen molar-refractivity contribution in [3.8, 4) is 39.1 Å². The summed E-state index contributed by atoms with van der Waals surface area (Å²) in [5.41, 5.74) is 6.67. The first-order chi connectivity index (χ1) is 22.7. The van der Waals surface area contributed by atoms with E-state index in [4.69, 9.17) is 0 Å². The first-order valence-corrected chi connectivity index (χ1v) is 16.9. The monoisotopic (exact) mass is 606 g/mol. The lowest BCUT2D eigenvalue weighted by atomic mass is 9.90. The van der Waals surface area contributed by atoms with Gasteiger partial charge >= 0.3 is 0 Å². The summed E-state index contributed by atoms with van der Waals surface area (Å²) >= 11 is 0. The quantitative estimate of drug-likeness (QED) is 0.187. The van der Waals surface area contributed by atoms with Gasteiger partial charge in [-0.05, 0) is 85.8 Å². The fraction of sp³-hybridized carbons (Fsp3) is 0. The normalized spacial score (nSPS) is 11.3. The molecule has 0 bridgehead atoms. The van der Waals surface area contributed by atoms with Gasteiger partial charge in [-0.2, -0.15) is 0 Å². The van der Waals surface area contributed by atoms with Crippen LogP contribution in [0.25, 0.3) is 54.9 Å². The molecule has 0 aromatic heterocycles. The summed E-state index contributed by atoms with van der Waals surface area (Å²) in [6.07, 6.45) is 0. The van der Waals surface area contributed by atoms with Gasteiger partial charge in [-0.1, -0.05) is 164 Å². The third kappa shape index (κ3) is 5.16. The Morgan fingerprint density at radius 2 is 0.783 bits per heavy atom. The van der Waals surface area contributed by atoms with Crippen molar-refractivity contribution in [3.05, 3.63) is 182 Å². The van der Waals surface area contributed by atoms with Crippen molar-refractivity contribution < 1.29 is 5.11 Å². The second kappa shape index (κ2) is 12.1. The summed E-state index contributed by atoms with van der Waals surface area (Å²) in [5, 5.41) is 20.0. The lowest BCUT2D eigenvalue weighted by molar-refractivity contribution is 0.478. The van der Waals surface area contributed by atoms with Gasteiger partial charge in [-0.3, -0.25) is 0 Å². The van der Waals surface area contributed by atoms with E-state index in [0.29, 0.717) is 0 Å². The smallest absolute Gasteiger partial charge is 0.124 e. The lowest BCUT2D eigenvalue weighted by Gasteiger charge is -2.25. The predicted octanol–water partition coefficient (Wildman–Crippen LogP) is 10.5. The molecule has 0 aliphatic heterocycles. The van der Waals surface area contributed by atoms with E-state index in [9.17, 15) is 5.11 Å². The highest BCUT2D eigenvalue weighted by Crippen LogP contribution is 2.46. The third-order valence-corrected chi connectivity index (χ3v) is 11.2. The Morgan fingerprint density at radius 1 is 0.348 bits per heavy atom. The molecule has 8 aromatic rings. The van der Waals surface area contributed by atoms with Crippen LogP contribution in [0, 0.1) is 0 Å². The molecule has 46 heavy (non-hydrogen) atoms. The molecule has 0 aliphatic carbocycles. The molecule has 0 fully saturated rings. The molecule has 0 atom stereocenters. The SMILES string of the molecule is Oc1ccc2cc(-c3ccccc3)ccc2c1-c1c(P(c2ccccc2)c2ccccc2)ccc2cc(-c3ccccc3)ccc12. The minimum atomic E-state index is -0.936. The van der Waals surface area contributed by atoms with E-state index >= 15 is 0 Å². The average Bonchev–Trinajstić information content (AvgIpc) is 3.13. The Labute approximate surface area is 270 Å². The predicted molar refractivity (Wildman–Crippen MR) is 198 cm³/mol. The molecule has 2 heteroatoms. The Morgan fingerprint density at radius 3 is 1.28 bits per heavy atom. The van der Waals surface area contributed by atoms with E-state index in [1.165, 1.54) is 32.6 Å². The van der Waals surface area contributed by atoms with Crippen LogP contribution >= 0.6 is 7.92 Å². The largest absolute Gasteiger partial charge is 0.507 e. The first kappa shape index (κ1) is 28.0. The minimum Gasteiger partial charge on any atom is -0.507 e. The van der Waals surface area contributed by atoms with Crippen LogP contribution in [-0.2, 0) is 0 Å². The van der Waals surface area contributed by atoms with Gasteiger partial charge in [0.1, 0.15) is 5.75 Å². The summed E-state index contributed by atoms with van der Waals surface area (Å²) in [4.78, 5) is 0. The molecule has 0 saturated carbocycles. The van der Waals surface area contributed by atoms with Gasteiger partial charge in [0.25, 0.3) is 0 Å². The lowest BCUT2D eigenvalue weighted by Crippen LogP contribution is -2.22. The maximum absolute atomic E-state index is 11.8. The molecule has 1 N–H and O–H groups in total. The molecule has 0 heterocycles. The van der Waals surface area contributed by atoms with Gasteiger partial charge in [0.2, 0.25) is 0 Å². The number of phenolic OH excluding ortho intramolecular Hbond substituents is 1. The van der Waals surface area contributed by atoms with Crippen molar-refractivity contribution in [2.24, 2.45) is 0 Å². The number of benzene rings is 8. The Balaban J connectivity index is 1.44. The summed E-state index contributed by atoms with van der Waals surface area (Å²) in [5.74, 6) is 0.289. The molecule has 218 valence electrons. The minimum absolute atomic E-state index is 0.289.